The predicted molar refractivity (Wildman–Crippen MR) is 119 cm³/mol. The summed E-state index contributed by atoms with van der Waals surface area (Å²) < 4.78 is 79.7. The van der Waals surface area contributed by atoms with Crippen LogP contribution < -0.4 is 10.6 Å². The van der Waals surface area contributed by atoms with Crippen molar-refractivity contribution in [2.75, 3.05) is 12.4 Å². The third-order valence-corrected chi connectivity index (χ3v) is 6.80. The molecule has 3 aromatic heterocycles. The maximum absolute atomic E-state index is 13.7. The van der Waals surface area contributed by atoms with Crippen LogP contribution in [0.4, 0.5) is 28.9 Å². The van der Waals surface area contributed by atoms with Gasteiger partial charge in [0.25, 0.3) is 10.0 Å². The van der Waals surface area contributed by atoms with Crippen molar-refractivity contribution in [2.24, 2.45) is 0 Å². The Morgan fingerprint density at radius 2 is 1.88 bits per heavy atom. The molecule has 0 atom stereocenters. The molecule has 0 aliphatic rings. The molecule has 178 valence electrons. The number of halogens is 5. The topological polar surface area (TPSA) is 88.9 Å². The van der Waals surface area contributed by atoms with Crippen LogP contribution in [-0.2, 0) is 22.7 Å². The molecule has 7 nitrogen and oxygen atoms in total. The maximum Gasteiger partial charge on any atom is 0.433 e. The van der Waals surface area contributed by atoms with Crippen LogP contribution in [0, 0.1) is 5.82 Å². The molecule has 34 heavy (non-hydrogen) atoms. The van der Waals surface area contributed by atoms with Crippen molar-refractivity contribution in [3.8, 4) is 0 Å². The lowest BCUT2D eigenvalue weighted by atomic mass is 10.1. The molecule has 0 aliphatic heterocycles. The van der Waals surface area contributed by atoms with E-state index in [1.54, 1.807) is 19.2 Å². The lowest BCUT2D eigenvalue weighted by molar-refractivity contribution is -0.141. The molecule has 0 saturated carbocycles. The van der Waals surface area contributed by atoms with Crippen molar-refractivity contribution < 1.29 is 26.0 Å². The molecule has 4 rings (SSSR count). The Balaban J connectivity index is 1.80. The molecule has 0 bridgehead atoms. The van der Waals surface area contributed by atoms with Crippen LogP contribution >= 0.6 is 11.6 Å². The van der Waals surface area contributed by atoms with Gasteiger partial charge in [0.1, 0.15) is 16.4 Å². The zero-order chi connectivity index (χ0) is 24.7. The Bertz CT molecular complexity index is 1490. The summed E-state index contributed by atoms with van der Waals surface area (Å²) in [6, 6.07) is 7.54. The third-order valence-electron chi connectivity index (χ3n) is 4.88. The molecular formula is C21H16ClF4N5O2S. The van der Waals surface area contributed by atoms with Crippen LogP contribution in [0.2, 0.25) is 5.15 Å². The lowest BCUT2D eigenvalue weighted by Crippen LogP contribution is -2.13. The standard InChI is InChI=1S/C21H16ClF4N5O2S/c1-27-8-12-11-31(34(32,33)15-6-13(23)9-28-10-15)18-7-14(2-3-16(12)18)29-17-4-5-19(21(24,25)26)30-20(17)22/h2-7,9-11,27,29H,8H2,1H3. The van der Waals surface area contributed by atoms with Gasteiger partial charge in [-0.05, 0) is 42.9 Å². The monoisotopic (exact) mass is 513 g/mol. The quantitative estimate of drug-likeness (QED) is 0.280. The molecule has 13 heteroatoms. The van der Waals surface area contributed by atoms with Crippen LogP contribution in [0.25, 0.3) is 10.9 Å². The first-order valence-electron chi connectivity index (χ1n) is 9.66. The fraction of sp³-hybridized carbons (Fsp3) is 0.143. The van der Waals surface area contributed by atoms with Crippen LogP contribution in [0.15, 0.2) is 59.9 Å². The molecule has 0 radical (unpaired) electrons. The number of rotatable bonds is 6. The first kappa shape index (κ1) is 23.9. The Kier molecular flexibility index (Phi) is 6.23. The van der Waals surface area contributed by atoms with Crippen LogP contribution in [-0.4, -0.2) is 29.4 Å². The van der Waals surface area contributed by atoms with Crippen molar-refractivity contribution in [3.63, 3.8) is 0 Å². The molecule has 4 aromatic rings. The molecule has 0 fully saturated rings. The third kappa shape index (κ3) is 4.56. The molecule has 0 amide bonds. The van der Waals surface area contributed by atoms with Crippen molar-refractivity contribution in [1.82, 2.24) is 19.3 Å². The van der Waals surface area contributed by atoms with E-state index in [9.17, 15) is 26.0 Å². The van der Waals surface area contributed by atoms with Crippen molar-refractivity contribution in [1.29, 1.82) is 0 Å². The van der Waals surface area contributed by atoms with Gasteiger partial charge in [-0.3, -0.25) is 4.98 Å². The lowest BCUT2D eigenvalue weighted by Gasteiger charge is -2.12. The normalized spacial score (nSPS) is 12.3. The van der Waals surface area contributed by atoms with Crippen LogP contribution in [0.3, 0.4) is 0 Å². The van der Waals surface area contributed by atoms with Gasteiger partial charge in [-0.1, -0.05) is 17.7 Å². The summed E-state index contributed by atoms with van der Waals surface area (Å²) in [5.74, 6) is -0.806. The minimum absolute atomic E-state index is 0.0970. The second-order valence-electron chi connectivity index (χ2n) is 7.21. The number of anilines is 2. The van der Waals surface area contributed by atoms with Gasteiger partial charge in [-0.2, -0.15) is 13.2 Å². The number of pyridine rings is 2. The number of benzene rings is 1. The highest BCUT2D eigenvalue weighted by atomic mass is 35.5. The molecule has 0 aliphatic carbocycles. The summed E-state index contributed by atoms with van der Waals surface area (Å²) in [7, 11) is -2.51. The molecule has 1 aromatic carbocycles. The van der Waals surface area contributed by atoms with E-state index in [4.69, 9.17) is 11.6 Å². The van der Waals surface area contributed by atoms with E-state index in [1.165, 1.54) is 12.3 Å². The van der Waals surface area contributed by atoms with E-state index < -0.39 is 32.9 Å². The second kappa shape index (κ2) is 8.85. The van der Waals surface area contributed by atoms with Gasteiger partial charge in [0.15, 0.2) is 5.15 Å². The van der Waals surface area contributed by atoms with Crippen molar-refractivity contribution in [2.45, 2.75) is 17.6 Å². The van der Waals surface area contributed by atoms with E-state index in [1.807, 2.05) is 0 Å². The van der Waals surface area contributed by atoms with E-state index in [0.29, 0.717) is 23.2 Å². The van der Waals surface area contributed by atoms with Crippen molar-refractivity contribution >= 4 is 43.9 Å². The van der Waals surface area contributed by atoms with Gasteiger partial charge >= 0.3 is 6.18 Å². The average molecular weight is 514 g/mol. The van der Waals surface area contributed by atoms with Gasteiger partial charge in [0.05, 0.1) is 17.4 Å². The minimum atomic E-state index is -4.65. The first-order valence-corrected chi connectivity index (χ1v) is 11.5. The second-order valence-corrected chi connectivity index (χ2v) is 9.39. The van der Waals surface area contributed by atoms with E-state index in [2.05, 4.69) is 20.6 Å². The number of aromatic nitrogens is 3. The number of hydrogen-bond donors (Lipinski definition) is 2. The SMILES string of the molecule is CNCc1cn(S(=O)(=O)c2cncc(F)c2)c2cc(Nc3ccc(C(F)(F)F)nc3Cl)ccc12. The fourth-order valence-electron chi connectivity index (χ4n) is 3.36. The number of nitrogens with one attached hydrogen (secondary N) is 2. The summed E-state index contributed by atoms with van der Waals surface area (Å²) in [6.07, 6.45) is -1.30. The summed E-state index contributed by atoms with van der Waals surface area (Å²) >= 11 is 5.92. The molecular weight excluding hydrogens is 498 g/mol. The van der Waals surface area contributed by atoms with E-state index in [-0.39, 0.29) is 16.1 Å². The highest BCUT2D eigenvalue weighted by molar-refractivity contribution is 7.90. The summed E-state index contributed by atoms with van der Waals surface area (Å²) in [5, 5.41) is 6.01. The van der Waals surface area contributed by atoms with Gasteiger partial charge in [0.2, 0.25) is 0 Å². The Hall–Kier alpha value is -3.22. The zero-order valence-electron chi connectivity index (χ0n) is 17.4. The Morgan fingerprint density at radius 3 is 2.53 bits per heavy atom. The highest BCUT2D eigenvalue weighted by Crippen LogP contribution is 2.34. The zero-order valence-corrected chi connectivity index (χ0v) is 18.9. The smallest absolute Gasteiger partial charge is 0.353 e. The van der Waals surface area contributed by atoms with Gasteiger partial charge in [-0.25, -0.2) is 21.8 Å². The average Bonchev–Trinajstić information content (AvgIpc) is 3.13. The van der Waals surface area contributed by atoms with Crippen LogP contribution in [0.5, 0.6) is 0 Å². The maximum atomic E-state index is 13.7. The molecule has 0 spiro atoms. The largest absolute Gasteiger partial charge is 0.433 e. The molecule has 0 saturated heterocycles. The molecule has 0 unspecified atom stereocenters. The Labute approximate surface area is 196 Å². The van der Waals surface area contributed by atoms with E-state index in [0.717, 1.165) is 34.6 Å². The number of alkyl halides is 3. The molecule has 3 heterocycles. The number of nitrogens with zero attached hydrogens (tertiary/aromatic N) is 3. The van der Waals surface area contributed by atoms with Gasteiger partial charge in [-0.15, -0.1) is 0 Å². The van der Waals surface area contributed by atoms with Crippen LogP contribution in [0.1, 0.15) is 11.3 Å². The van der Waals surface area contributed by atoms with E-state index >= 15 is 0 Å². The van der Waals surface area contributed by atoms with Crippen molar-refractivity contribution in [3.05, 3.63) is 77.2 Å². The minimum Gasteiger partial charge on any atom is -0.353 e. The highest BCUT2D eigenvalue weighted by Gasteiger charge is 2.33. The van der Waals surface area contributed by atoms with Gasteiger partial charge in [0, 0.05) is 30.0 Å². The van der Waals surface area contributed by atoms with Gasteiger partial charge < -0.3 is 10.6 Å². The molecule has 2 N–H and O–H groups in total. The fourth-order valence-corrected chi connectivity index (χ4v) is 4.92. The summed E-state index contributed by atoms with van der Waals surface area (Å²) in [5.41, 5.74) is 0.222. The summed E-state index contributed by atoms with van der Waals surface area (Å²) in [6.45, 7) is 0.349. The number of fused-ring (bicyclic) bond motifs is 1. The first-order chi connectivity index (χ1) is 16.0. The summed E-state index contributed by atoms with van der Waals surface area (Å²) in [4.78, 5) is 6.64. The Morgan fingerprint density at radius 1 is 1.12 bits per heavy atom. The number of hydrogen-bond acceptors (Lipinski definition) is 6. The predicted octanol–water partition coefficient (Wildman–Crippen LogP) is 4.94.